The lowest BCUT2D eigenvalue weighted by molar-refractivity contribution is -0.166. The fourth-order valence-electron chi connectivity index (χ4n) is 1.13. The van der Waals surface area contributed by atoms with E-state index < -0.39 is 11.7 Å². The predicted molar refractivity (Wildman–Crippen MR) is 40.8 cm³/mol. The van der Waals surface area contributed by atoms with Gasteiger partial charge in [0.1, 0.15) is 5.54 Å². The van der Waals surface area contributed by atoms with Crippen LogP contribution in [-0.2, 0) is 0 Å². The molecule has 4 heteroatoms. The molecular weight excluding hydrogens is 167 g/mol. The summed E-state index contributed by atoms with van der Waals surface area (Å²) in [5.74, 6) is 0. The minimum absolute atomic E-state index is 0.189. The molecule has 0 heterocycles. The molecule has 1 N–H and O–H groups in total. The smallest absolute Gasteiger partial charge is 0.298 e. The highest BCUT2D eigenvalue weighted by molar-refractivity contribution is 5.10. The molecule has 0 bridgehead atoms. The Morgan fingerprint density at radius 1 is 1.50 bits per heavy atom. The SMILES string of the molecule is C=CC(C)NC1(C(F)(F)F)CC1. The second-order valence-electron chi connectivity index (χ2n) is 3.25. The van der Waals surface area contributed by atoms with Crippen LogP contribution < -0.4 is 5.32 Å². The summed E-state index contributed by atoms with van der Waals surface area (Å²) in [7, 11) is 0. The van der Waals surface area contributed by atoms with E-state index in [0.29, 0.717) is 0 Å². The van der Waals surface area contributed by atoms with Gasteiger partial charge in [0.25, 0.3) is 0 Å². The van der Waals surface area contributed by atoms with Crippen LogP contribution in [0.3, 0.4) is 0 Å². The van der Waals surface area contributed by atoms with Crippen LogP contribution in [0.4, 0.5) is 13.2 Å². The van der Waals surface area contributed by atoms with Crippen LogP contribution in [0.5, 0.6) is 0 Å². The number of alkyl halides is 3. The molecule has 1 rings (SSSR count). The van der Waals surface area contributed by atoms with Crippen molar-refractivity contribution in [1.29, 1.82) is 0 Å². The van der Waals surface area contributed by atoms with Crippen LogP contribution in [0.25, 0.3) is 0 Å². The Kier molecular flexibility index (Phi) is 2.21. The molecule has 70 valence electrons. The Bertz CT molecular complexity index is 181. The van der Waals surface area contributed by atoms with Gasteiger partial charge < -0.3 is 0 Å². The quantitative estimate of drug-likeness (QED) is 0.655. The second-order valence-corrected chi connectivity index (χ2v) is 3.25. The molecule has 1 saturated carbocycles. The lowest BCUT2D eigenvalue weighted by Gasteiger charge is -2.23. The first-order valence-electron chi connectivity index (χ1n) is 3.88. The third kappa shape index (κ3) is 1.63. The molecule has 0 aromatic carbocycles. The lowest BCUT2D eigenvalue weighted by Crippen LogP contribution is -2.48. The Hall–Kier alpha value is -0.510. The fourth-order valence-corrected chi connectivity index (χ4v) is 1.13. The van der Waals surface area contributed by atoms with E-state index >= 15 is 0 Å². The summed E-state index contributed by atoms with van der Waals surface area (Å²) in [6.45, 7) is 5.09. The van der Waals surface area contributed by atoms with Crippen molar-refractivity contribution >= 4 is 0 Å². The highest BCUT2D eigenvalue weighted by Crippen LogP contribution is 2.49. The maximum atomic E-state index is 12.3. The van der Waals surface area contributed by atoms with Gasteiger partial charge in [-0.1, -0.05) is 6.08 Å². The van der Waals surface area contributed by atoms with Crippen molar-refractivity contribution in [2.45, 2.75) is 37.5 Å². The summed E-state index contributed by atoms with van der Waals surface area (Å²) in [6.07, 6.45) is -2.26. The molecule has 1 atom stereocenters. The Labute approximate surface area is 69.6 Å². The molecule has 0 aliphatic heterocycles. The molecule has 12 heavy (non-hydrogen) atoms. The first-order valence-corrected chi connectivity index (χ1v) is 3.88. The summed E-state index contributed by atoms with van der Waals surface area (Å²) in [5, 5.41) is 2.51. The highest BCUT2D eigenvalue weighted by Gasteiger charge is 2.63. The zero-order valence-corrected chi connectivity index (χ0v) is 6.91. The molecule has 0 saturated heterocycles. The topological polar surface area (TPSA) is 12.0 Å². The Morgan fingerprint density at radius 2 is 2.00 bits per heavy atom. The van der Waals surface area contributed by atoms with E-state index in [9.17, 15) is 13.2 Å². The van der Waals surface area contributed by atoms with Crippen molar-refractivity contribution < 1.29 is 13.2 Å². The predicted octanol–water partition coefficient (Wildman–Crippen LogP) is 2.25. The third-order valence-corrected chi connectivity index (χ3v) is 2.15. The number of halogens is 3. The van der Waals surface area contributed by atoms with E-state index in [1.165, 1.54) is 6.08 Å². The highest BCUT2D eigenvalue weighted by atomic mass is 19.4. The molecule has 0 aromatic rings. The van der Waals surface area contributed by atoms with Gasteiger partial charge >= 0.3 is 6.18 Å². The Balaban J connectivity index is 2.56. The van der Waals surface area contributed by atoms with E-state index in [1.54, 1.807) is 6.92 Å². The van der Waals surface area contributed by atoms with Crippen LogP contribution in [0.15, 0.2) is 12.7 Å². The van der Waals surface area contributed by atoms with Crippen LogP contribution in [0.1, 0.15) is 19.8 Å². The summed E-state index contributed by atoms with van der Waals surface area (Å²) >= 11 is 0. The molecule has 0 spiro atoms. The van der Waals surface area contributed by atoms with Gasteiger partial charge in [0.15, 0.2) is 0 Å². The largest absolute Gasteiger partial charge is 0.406 e. The average molecular weight is 179 g/mol. The van der Waals surface area contributed by atoms with Crippen LogP contribution in [-0.4, -0.2) is 17.8 Å². The maximum absolute atomic E-state index is 12.3. The molecule has 1 aliphatic rings. The van der Waals surface area contributed by atoms with Crippen molar-refractivity contribution in [3.8, 4) is 0 Å². The van der Waals surface area contributed by atoms with Gasteiger partial charge in [-0.15, -0.1) is 6.58 Å². The van der Waals surface area contributed by atoms with Gasteiger partial charge in [-0.25, -0.2) is 0 Å². The minimum atomic E-state index is -4.12. The van der Waals surface area contributed by atoms with Crippen LogP contribution in [0, 0.1) is 0 Å². The van der Waals surface area contributed by atoms with Crippen molar-refractivity contribution in [1.82, 2.24) is 5.32 Å². The summed E-state index contributed by atoms with van der Waals surface area (Å²) in [5.41, 5.74) is -1.61. The van der Waals surface area contributed by atoms with E-state index in [1.807, 2.05) is 0 Å². The van der Waals surface area contributed by atoms with Crippen molar-refractivity contribution in [2.24, 2.45) is 0 Å². The van der Waals surface area contributed by atoms with Gasteiger partial charge in [0.2, 0.25) is 0 Å². The molecule has 1 aliphatic carbocycles. The molecular formula is C8H12F3N. The molecule has 1 fully saturated rings. The van der Waals surface area contributed by atoms with Crippen LogP contribution in [0.2, 0.25) is 0 Å². The number of hydrogen-bond acceptors (Lipinski definition) is 1. The summed E-state index contributed by atoms with van der Waals surface area (Å²) in [6, 6.07) is -0.283. The molecule has 0 aromatic heterocycles. The van der Waals surface area contributed by atoms with Gasteiger partial charge in [-0.05, 0) is 19.8 Å². The monoisotopic (exact) mass is 179 g/mol. The lowest BCUT2D eigenvalue weighted by atomic mass is 10.2. The summed E-state index contributed by atoms with van der Waals surface area (Å²) in [4.78, 5) is 0. The fraction of sp³-hybridized carbons (Fsp3) is 0.750. The van der Waals surface area contributed by atoms with E-state index in [2.05, 4.69) is 11.9 Å². The third-order valence-electron chi connectivity index (χ3n) is 2.15. The van der Waals surface area contributed by atoms with Gasteiger partial charge in [-0.2, -0.15) is 13.2 Å². The molecule has 0 amide bonds. The van der Waals surface area contributed by atoms with Crippen molar-refractivity contribution in [3.63, 3.8) is 0 Å². The van der Waals surface area contributed by atoms with Gasteiger partial charge in [-0.3, -0.25) is 5.32 Å². The minimum Gasteiger partial charge on any atom is -0.298 e. The van der Waals surface area contributed by atoms with E-state index in [4.69, 9.17) is 0 Å². The first kappa shape index (κ1) is 9.58. The number of rotatable bonds is 3. The van der Waals surface area contributed by atoms with Gasteiger partial charge in [0, 0.05) is 6.04 Å². The summed E-state index contributed by atoms with van der Waals surface area (Å²) < 4.78 is 36.9. The van der Waals surface area contributed by atoms with Gasteiger partial charge in [0.05, 0.1) is 0 Å². The molecule has 1 nitrogen and oxygen atoms in total. The second kappa shape index (κ2) is 2.76. The van der Waals surface area contributed by atoms with E-state index in [-0.39, 0.29) is 18.9 Å². The first-order chi connectivity index (χ1) is 5.41. The zero-order chi connectivity index (χ0) is 9.41. The van der Waals surface area contributed by atoms with Crippen molar-refractivity contribution in [2.75, 3.05) is 0 Å². The standard InChI is InChI=1S/C8H12F3N/c1-3-6(2)12-7(4-5-7)8(9,10)11/h3,6,12H,1,4-5H2,2H3. The van der Waals surface area contributed by atoms with E-state index in [0.717, 1.165) is 0 Å². The van der Waals surface area contributed by atoms with Crippen molar-refractivity contribution in [3.05, 3.63) is 12.7 Å². The molecule has 0 radical (unpaired) electrons. The normalized spacial score (nSPS) is 23.3. The Morgan fingerprint density at radius 3 is 2.25 bits per heavy atom. The molecule has 1 unspecified atom stereocenters. The maximum Gasteiger partial charge on any atom is 0.406 e. The van der Waals surface area contributed by atoms with Crippen LogP contribution >= 0.6 is 0 Å². The number of nitrogens with one attached hydrogen (secondary N) is 1. The number of hydrogen-bond donors (Lipinski definition) is 1. The average Bonchev–Trinajstić information content (AvgIpc) is 2.67. The zero-order valence-electron chi connectivity index (χ0n) is 6.91.